The smallest absolute Gasteiger partial charge is 0.316 e. The maximum absolute atomic E-state index is 10.5. The second-order valence-corrected chi connectivity index (χ2v) is 1.70. The van der Waals surface area contributed by atoms with E-state index in [2.05, 4.69) is 4.74 Å². The highest BCUT2D eigenvalue weighted by Crippen LogP contribution is 1.91. The molecule has 0 atom stereocenters. The summed E-state index contributed by atoms with van der Waals surface area (Å²) in [4.78, 5) is 20.4. The number of carboxylic acids is 1. The molecule has 0 saturated heterocycles. The molecule has 0 radical (unpaired) electrons. The summed E-state index contributed by atoms with van der Waals surface area (Å²) in [5.41, 5.74) is 0. The van der Waals surface area contributed by atoms with Crippen LogP contribution in [0.3, 0.4) is 0 Å². The van der Waals surface area contributed by atoms with Crippen LogP contribution in [0.1, 0.15) is 19.8 Å². The number of hydrogen-bond donors (Lipinski definition) is 1. The Labute approximate surface area is 81.1 Å². The first kappa shape index (κ1) is 13.3. The molecule has 0 unspecified atom stereocenters. The lowest BCUT2D eigenvalue weighted by Crippen LogP contribution is -2.06. The van der Waals surface area contributed by atoms with E-state index >= 15 is 0 Å². The van der Waals surface area contributed by atoms with Crippen molar-refractivity contribution in [2.75, 3.05) is 6.61 Å². The molecule has 1 N–H and O–H groups in total. The predicted octanol–water partition coefficient (Wildman–Crippen LogP) is -0.502. The van der Waals surface area contributed by atoms with Gasteiger partial charge in [0.05, 0.1) is 19.4 Å². The molecule has 4 nitrogen and oxygen atoms in total. The molecule has 0 aliphatic rings. The highest BCUT2D eigenvalue weighted by Gasteiger charge is 2.04. The molecule has 0 heterocycles. The van der Waals surface area contributed by atoms with E-state index in [0.29, 0.717) is 6.61 Å². The van der Waals surface area contributed by atoms with Crippen molar-refractivity contribution >= 4 is 35.0 Å². The van der Waals surface area contributed by atoms with Crippen molar-refractivity contribution in [3.8, 4) is 0 Å². The summed E-state index contributed by atoms with van der Waals surface area (Å²) >= 11 is 0. The number of ether oxygens (including phenoxy) is 1. The van der Waals surface area contributed by atoms with E-state index in [1.807, 2.05) is 0 Å². The van der Waals surface area contributed by atoms with E-state index in [4.69, 9.17) is 5.11 Å². The maximum atomic E-state index is 10.5. The first-order chi connectivity index (χ1) is 4.66. The zero-order valence-corrected chi connectivity index (χ0v) is 5.79. The molecule has 0 aliphatic heterocycles. The molecule has 0 amide bonds. The fourth-order valence-electron chi connectivity index (χ4n) is 0.442. The zero-order valence-electron chi connectivity index (χ0n) is 5.79. The Bertz CT molecular complexity index is 135. The van der Waals surface area contributed by atoms with Crippen LogP contribution in [0.5, 0.6) is 0 Å². The van der Waals surface area contributed by atoms with E-state index < -0.39 is 11.9 Å². The van der Waals surface area contributed by atoms with E-state index in [1.54, 1.807) is 6.92 Å². The molecule has 0 spiro atoms. The van der Waals surface area contributed by atoms with E-state index in [9.17, 15) is 9.59 Å². The first-order valence-corrected chi connectivity index (χ1v) is 3.04. The van der Waals surface area contributed by atoms with Crippen molar-refractivity contribution in [3.63, 3.8) is 0 Å². The van der Waals surface area contributed by atoms with Gasteiger partial charge in [-0.1, -0.05) is 0 Å². The summed E-state index contributed by atoms with van der Waals surface area (Å²) in [6.45, 7) is 1.98. The van der Waals surface area contributed by atoms with Crippen molar-refractivity contribution < 1.29 is 19.4 Å². The van der Waals surface area contributed by atoms with Crippen LogP contribution in [0.4, 0.5) is 0 Å². The third kappa shape index (κ3) is 9.71. The summed E-state index contributed by atoms with van der Waals surface area (Å²) in [7, 11) is 0. The van der Waals surface area contributed by atoms with Crippen molar-refractivity contribution in [2.24, 2.45) is 0 Å². The monoisotopic (exact) mass is 172 g/mol. The van der Waals surface area contributed by atoms with Gasteiger partial charge in [-0.3, -0.25) is 9.59 Å². The second-order valence-electron chi connectivity index (χ2n) is 1.70. The van der Waals surface area contributed by atoms with E-state index in [0.717, 1.165) is 0 Å². The van der Waals surface area contributed by atoms with Gasteiger partial charge in [-0.2, -0.15) is 0 Å². The molecule has 5 heteroatoms. The normalized spacial score (nSPS) is 8.09. The summed E-state index contributed by atoms with van der Waals surface area (Å²) in [6, 6.07) is 0. The van der Waals surface area contributed by atoms with Gasteiger partial charge in [0.15, 0.2) is 0 Å². The minimum absolute atomic E-state index is 0. The predicted molar refractivity (Wildman–Crippen MR) is 42.0 cm³/mol. The summed E-state index contributed by atoms with van der Waals surface area (Å²) in [6.07, 6.45) is -0.192. The van der Waals surface area contributed by atoms with Gasteiger partial charge < -0.3 is 9.84 Å². The zero-order chi connectivity index (χ0) is 7.98. The molecule has 0 aromatic heterocycles. The minimum atomic E-state index is -0.979. The summed E-state index contributed by atoms with van der Waals surface area (Å²) in [5.74, 6) is -1.43. The Morgan fingerprint density at radius 3 is 2.27 bits per heavy atom. The van der Waals surface area contributed by atoms with Crippen molar-refractivity contribution in [3.05, 3.63) is 0 Å². The fourth-order valence-corrected chi connectivity index (χ4v) is 0.442. The van der Waals surface area contributed by atoms with Crippen LogP contribution in [-0.2, 0) is 14.3 Å². The highest BCUT2D eigenvalue weighted by atomic mass is 24.3. The maximum Gasteiger partial charge on any atom is 0.316 e. The number of rotatable bonds is 4. The van der Waals surface area contributed by atoms with Crippen LogP contribution in [0.15, 0.2) is 0 Å². The van der Waals surface area contributed by atoms with Gasteiger partial charge in [0.2, 0.25) is 0 Å². The van der Waals surface area contributed by atoms with Gasteiger partial charge in [-0.05, 0) is 6.92 Å². The molecule has 0 fully saturated rings. The number of carbonyl (C=O) groups excluding carboxylic acids is 1. The van der Waals surface area contributed by atoms with Gasteiger partial charge >= 0.3 is 35.0 Å². The van der Waals surface area contributed by atoms with Crippen molar-refractivity contribution in [2.45, 2.75) is 19.8 Å². The topological polar surface area (TPSA) is 63.6 Å². The quantitative estimate of drug-likeness (QED) is 0.459. The van der Waals surface area contributed by atoms with Crippen LogP contribution in [0.2, 0.25) is 0 Å². The largest absolute Gasteiger partial charge is 0.481 e. The van der Waals surface area contributed by atoms with Gasteiger partial charge in [0.25, 0.3) is 0 Å². The lowest BCUT2D eigenvalue weighted by atomic mass is 10.3. The number of carbonyl (C=O) groups is 2. The molecule has 0 saturated carbocycles. The summed E-state index contributed by atoms with van der Waals surface area (Å²) < 4.78 is 4.49. The van der Waals surface area contributed by atoms with Crippen LogP contribution in [0, 0.1) is 0 Å². The lowest BCUT2D eigenvalue weighted by molar-refractivity contribution is -0.147. The average molecular weight is 172 g/mol. The van der Waals surface area contributed by atoms with Gasteiger partial charge in [-0.25, -0.2) is 0 Å². The van der Waals surface area contributed by atoms with Gasteiger partial charge in [0, 0.05) is 0 Å². The molecule has 0 aliphatic carbocycles. The Hall–Kier alpha value is -0.294. The van der Waals surface area contributed by atoms with Gasteiger partial charge in [-0.15, -0.1) is 0 Å². The van der Waals surface area contributed by atoms with Crippen LogP contribution in [0.25, 0.3) is 0 Å². The van der Waals surface area contributed by atoms with E-state index in [1.165, 1.54) is 0 Å². The van der Waals surface area contributed by atoms with E-state index in [-0.39, 0.29) is 35.9 Å². The second kappa shape index (κ2) is 7.81. The molecule has 0 aromatic carbocycles. The average Bonchev–Trinajstić information content (AvgIpc) is 1.85. The fraction of sp³-hybridized carbons (Fsp3) is 0.667. The van der Waals surface area contributed by atoms with Gasteiger partial charge in [0.1, 0.15) is 0 Å². The lowest BCUT2D eigenvalue weighted by Gasteiger charge is -1.97. The molecule has 0 rings (SSSR count). The Kier molecular flexibility index (Phi) is 9.45. The number of aliphatic carboxylic acids is 1. The first-order valence-electron chi connectivity index (χ1n) is 3.04. The summed E-state index contributed by atoms with van der Waals surface area (Å²) in [5, 5.41) is 8.12. The standard InChI is InChI=1S/C6H10O4.Mg.2H/c1-2-10-6(9)4-3-5(7)8;;;/h2-4H2,1H3,(H,7,8);;;. The molecule has 0 aromatic rings. The number of esters is 1. The Balaban J connectivity index is 0. The minimum Gasteiger partial charge on any atom is -0.481 e. The molecule has 11 heavy (non-hydrogen) atoms. The molecule has 0 bridgehead atoms. The van der Waals surface area contributed by atoms with Crippen LogP contribution in [-0.4, -0.2) is 46.7 Å². The molecular weight excluding hydrogens is 160 g/mol. The van der Waals surface area contributed by atoms with Crippen LogP contribution < -0.4 is 0 Å². The Morgan fingerprint density at radius 1 is 1.36 bits per heavy atom. The number of carboxylic acid groups (broad SMARTS) is 1. The van der Waals surface area contributed by atoms with Crippen molar-refractivity contribution in [1.29, 1.82) is 0 Å². The SMILES string of the molecule is CCOC(=O)CCC(=O)O.[MgH2]. The van der Waals surface area contributed by atoms with Crippen molar-refractivity contribution in [1.82, 2.24) is 0 Å². The molecule has 62 valence electrons. The Morgan fingerprint density at radius 2 is 1.91 bits per heavy atom. The molecular formula is C6H12MgO4. The number of hydrogen-bond acceptors (Lipinski definition) is 3. The van der Waals surface area contributed by atoms with Crippen LogP contribution >= 0.6 is 0 Å². The third-order valence-electron chi connectivity index (χ3n) is 0.848. The third-order valence-corrected chi connectivity index (χ3v) is 0.848. The highest BCUT2D eigenvalue weighted by molar-refractivity contribution is 5.76.